The number of amides is 1. The molecule has 1 fully saturated rings. The van der Waals surface area contributed by atoms with Crippen molar-refractivity contribution in [3.8, 4) is 5.13 Å². The van der Waals surface area contributed by atoms with Gasteiger partial charge in [-0.05, 0) is 26.8 Å². The molecule has 0 aliphatic carbocycles. The Labute approximate surface area is 207 Å². The quantitative estimate of drug-likeness (QED) is 0.404. The maximum absolute atomic E-state index is 15.0. The highest BCUT2D eigenvalue weighted by molar-refractivity contribution is 7.12. The van der Waals surface area contributed by atoms with E-state index in [1.807, 2.05) is 25.5 Å². The topological polar surface area (TPSA) is 135 Å². The molecular formula is C23H22FN7O4S. The maximum atomic E-state index is 15.0. The summed E-state index contributed by atoms with van der Waals surface area (Å²) < 4.78 is 18.2. The Bertz CT molecular complexity index is 1550. The molecule has 1 aliphatic rings. The van der Waals surface area contributed by atoms with E-state index in [-0.39, 0.29) is 41.9 Å². The number of carbonyl (C=O) groups excluding carboxylic acids is 1. The lowest BCUT2D eigenvalue weighted by Crippen LogP contribution is -2.52. The summed E-state index contributed by atoms with van der Waals surface area (Å²) in [6.07, 6.45) is 2.67. The molecule has 0 saturated carbocycles. The van der Waals surface area contributed by atoms with E-state index < -0.39 is 28.7 Å². The average molecular weight is 512 g/mol. The summed E-state index contributed by atoms with van der Waals surface area (Å²) in [4.78, 5) is 47.1. The minimum atomic E-state index is -1.43. The van der Waals surface area contributed by atoms with Crippen molar-refractivity contribution in [2.75, 3.05) is 23.3 Å². The van der Waals surface area contributed by atoms with Crippen molar-refractivity contribution in [3.63, 3.8) is 0 Å². The van der Waals surface area contributed by atoms with Crippen LogP contribution in [0.1, 0.15) is 35.9 Å². The summed E-state index contributed by atoms with van der Waals surface area (Å²) in [6.45, 7) is 6.35. The van der Waals surface area contributed by atoms with Crippen LogP contribution in [0.15, 0.2) is 34.7 Å². The first-order chi connectivity index (χ1) is 17.1. The van der Waals surface area contributed by atoms with Crippen LogP contribution in [0.4, 0.5) is 16.0 Å². The number of aryl methyl sites for hydroxylation is 1. The summed E-state index contributed by atoms with van der Waals surface area (Å²) in [5, 5.41) is 18.5. The Balaban J connectivity index is 1.42. The van der Waals surface area contributed by atoms with Crippen molar-refractivity contribution in [1.29, 1.82) is 0 Å². The van der Waals surface area contributed by atoms with Gasteiger partial charge in [-0.15, -0.1) is 11.3 Å². The number of nitrogens with one attached hydrogen (secondary N) is 1. The molecule has 2 N–H and O–H groups in total. The van der Waals surface area contributed by atoms with E-state index in [0.29, 0.717) is 10.9 Å². The lowest BCUT2D eigenvalue weighted by Gasteiger charge is -2.39. The minimum absolute atomic E-state index is 0.0285. The zero-order valence-corrected chi connectivity index (χ0v) is 20.4. The lowest BCUT2D eigenvalue weighted by molar-refractivity contribution is -0.120. The second-order valence-electron chi connectivity index (χ2n) is 8.83. The molecule has 1 amide bonds. The first-order valence-corrected chi connectivity index (χ1v) is 12.0. The van der Waals surface area contributed by atoms with Crippen molar-refractivity contribution in [3.05, 3.63) is 57.2 Å². The molecule has 0 unspecified atom stereocenters. The van der Waals surface area contributed by atoms with Crippen molar-refractivity contribution in [2.45, 2.75) is 26.8 Å². The van der Waals surface area contributed by atoms with Gasteiger partial charge in [0.05, 0.1) is 11.3 Å². The van der Waals surface area contributed by atoms with Crippen LogP contribution in [-0.2, 0) is 4.79 Å². The first-order valence-electron chi connectivity index (χ1n) is 11.1. The fraction of sp³-hybridized carbons (Fsp3) is 0.304. The van der Waals surface area contributed by atoms with Crippen molar-refractivity contribution < 1.29 is 19.1 Å². The summed E-state index contributed by atoms with van der Waals surface area (Å²) >= 11 is 1.21. The zero-order valence-electron chi connectivity index (χ0n) is 19.6. The van der Waals surface area contributed by atoms with Gasteiger partial charge in [0.15, 0.2) is 28.2 Å². The highest BCUT2D eigenvalue weighted by Gasteiger charge is 2.36. The second-order valence-corrected chi connectivity index (χ2v) is 9.70. The molecule has 0 atom stereocenters. The number of aromatic carboxylic acids is 1. The van der Waals surface area contributed by atoms with Crippen LogP contribution >= 0.6 is 11.3 Å². The summed E-state index contributed by atoms with van der Waals surface area (Å²) in [7, 11) is 0. The van der Waals surface area contributed by atoms with Crippen LogP contribution in [-0.4, -0.2) is 54.4 Å². The minimum Gasteiger partial charge on any atom is -0.477 e. The third-order valence-electron chi connectivity index (χ3n) is 5.98. The molecule has 0 bridgehead atoms. The molecule has 4 aromatic heterocycles. The van der Waals surface area contributed by atoms with Crippen molar-refractivity contribution in [1.82, 2.24) is 24.3 Å². The number of aromatic nitrogens is 5. The molecule has 0 radical (unpaired) electrons. The van der Waals surface area contributed by atoms with E-state index in [9.17, 15) is 19.5 Å². The highest BCUT2D eigenvalue weighted by atomic mass is 32.1. The number of rotatable bonds is 6. The molecule has 5 heterocycles. The van der Waals surface area contributed by atoms with E-state index in [2.05, 4.69) is 20.4 Å². The van der Waals surface area contributed by atoms with Gasteiger partial charge in [-0.25, -0.2) is 19.2 Å². The predicted molar refractivity (Wildman–Crippen MR) is 132 cm³/mol. The molecule has 1 saturated heterocycles. The van der Waals surface area contributed by atoms with Gasteiger partial charge in [0.25, 0.3) is 0 Å². The number of nitrogens with zero attached hydrogens (tertiary/aromatic N) is 6. The Morgan fingerprint density at radius 3 is 2.64 bits per heavy atom. The van der Waals surface area contributed by atoms with Gasteiger partial charge in [-0.2, -0.15) is 5.10 Å². The number of fused-ring (bicyclic) bond motifs is 1. The molecule has 0 aromatic carbocycles. The van der Waals surface area contributed by atoms with Crippen LogP contribution in [0.25, 0.3) is 16.2 Å². The Hall–Kier alpha value is -4.13. The number of hydrogen-bond donors (Lipinski definition) is 2. The Kier molecular flexibility index (Phi) is 5.79. The number of thiazole rings is 1. The number of anilines is 2. The summed E-state index contributed by atoms with van der Waals surface area (Å²) in [5.74, 6) is -2.41. The van der Waals surface area contributed by atoms with Crippen LogP contribution < -0.4 is 15.6 Å². The number of carbonyl (C=O) groups is 2. The molecule has 1 aliphatic heterocycles. The smallest absolute Gasteiger partial charge is 0.341 e. The monoisotopic (exact) mass is 511 g/mol. The van der Waals surface area contributed by atoms with Gasteiger partial charge in [-0.1, -0.05) is 0 Å². The largest absolute Gasteiger partial charge is 0.477 e. The van der Waals surface area contributed by atoms with Gasteiger partial charge in [-0.3, -0.25) is 18.8 Å². The number of carboxylic acids is 1. The standard InChI is InChI=1S/C23H22FN7O4S/c1-11(2)31-12(3)6-17(28-31)26-21(33)13-8-29(9-13)20-16(24)7-14-18(32)15(22(34)35)10-30(19(14)27-20)23-25-4-5-36-23/h4-7,10-11,13H,8-9H2,1-3H3,(H,34,35)(H,26,28,33). The van der Waals surface area contributed by atoms with E-state index in [1.165, 1.54) is 22.1 Å². The van der Waals surface area contributed by atoms with Crippen molar-refractivity contribution >= 4 is 45.9 Å². The summed E-state index contributed by atoms with van der Waals surface area (Å²) in [5.41, 5.74) is -0.336. The Morgan fingerprint density at radius 2 is 2.03 bits per heavy atom. The Morgan fingerprint density at radius 1 is 1.28 bits per heavy atom. The number of hydrogen-bond acceptors (Lipinski definition) is 8. The highest BCUT2D eigenvalue weighted by Crippen LogP contribution is 2.29. The normalized spacial score (nSPS) is 13.9. The summed E-state index contributed by atoms with van der Waals surface area (Å²) in [6, 6.07) is 2.94. The third-order valence-corrected chi connectivity index (χ3v) is 6.75. The van der Waals surface area contributed by atoms with E-state index in [0.717, 1.165) is 18.0 Å². The zero-order chi connectivity index (χ0) is 25.7. The maximum Gasteiger partial charge on any atom is 0.341 e. The van der Waals surface area contributed by atoms with Gasteiger partial charge >= 0.3 is 5.97 Å². The molecule has 0 spiro atoms. The molecule has 13 heteroatoms. The molecule has 4 aromatic rings. The lowest BCUT2D eigenvalue weighted by atomic mass is 9.99. The van der Waals surface area contributed by atoms with E-state index in [4.69, 9.17) is 0 Å². The van der Waals surface area contributed by atoms with E-state index >= 15 is 4.39 Å². The average Bonchev–Trinajstić information content (AvgIpc) is 3.43. The van der Waals surface area contributed by atoms with Crippen LogP contribution in [0, 0.1) is 18.7 Å². The SMILES string of the molecule is Cc1cc(NC(=O)C2CN(c3nc4c(cc3F)c(=O)c(C(=O)O)cn4-c3nccs3)C2)nn1C(C)C. The van der Waals surface area contributed by atoms with Crippen molar-refractivity contribution in [2.24, 2.45) is 5.92 Å². The van der Waals surface area contributed by atoms with Gasteiger partial charge < -0.3 is 15.3 Å². The van der Waals surface area contributed by atoms with Gasteiger partial charge in [0.1, 0.15) is 5.56 Å². The molecule has 5 rings (SSSR count). The number of pyridine rings is 2. The van der Waals surface area contributed by atoms with Crippen LogP contribution in [0.3, 0.4) is 0 Å². The van der Waals surface area contributed by atoms with E-state index in [1.54, 1.807) is 16.3 Å². The number of carboxylic acid groups (broad SMARTS) is 1. The first kappa shape index (κ1) is 23.6. The van der Waals surface area contributed by atoms with Crippen LogP contribution in [0.5, 0.6) is 0 Å². The fourth-order valence-corrected chi connectivity index (χ4v) is 4.80. The second kappa shape index (κ2) is 8.82. The molecule has 186 valence electrons. The van der Waals surface area contributed by atoms with Gasteiger partial charge in [0, 0.05) is 48.7 Å². The molecule has 36 heavy (non-hydrogen) atoms. The van der Waals surface area contributed by atoms with Crippen LogP contribution in [0.2, 0.25) is 0 Å². The number of halogens is 1. The fourth-order valence-electron chi connectivity index (χ4n) is 4.19. The molecule has 11 nitrogen and oxygen atoms in total. The molecular weight excluding hydrogens is 489 g/mol. The van der Waals surface area contributed by atoms with Gasteiger partial charge in [0.2, 0.25) is 11.3 Å². The predicted octanol–water partition coefficient (Wildman–Crippen LogP) is 2.84. The third kappa shape index (κ3) is 4.00.